The summed E-state index contributed by atoms with van der Waals surface area (Å²) in [6, 6.07) is 13.2. The van der Waals surface area contributed by atoms with Crippen LogP contribution in [0.3, 0.4) is 0 Å². The van der Waals surface area contributed by atoms with E-state index in [0.717, 1.165) is 37.6 Å². The number of hydrogen-bond acceptors (Lipinski definition) is 5. The number of halogens is 1. The number of tetrazole rings is 1. The van der Waals surface area contributed by atoms with E-state index < -0.39 is 0 Å². The lowest BCUT2D eigenvalue weighted by Gasteiger charge is -2.40. The van der Waals surface area contributed by atoms with Crippen molar-refractivity contribution in [3.8, 4) is 0 Å². The molecule has 0 spiro atoms. The van der Waals surface area contributed by atoms with Gasteiger partial charge in [0.2, 0.25) is 0 Å². The van der Waals surface area contributed by atoms with Crippen LogP contribution in [0.4, 0.5) is 10.1 Å². The van der Waals surface area contributed by atoms with E-state index in [9.17, 15) is 4.39 Å². The Bertz CT molecular complexity index is 989. The lowest BCUT2D eigenvalue weighted by atomic mass is 10.0. The van der Waals surface area contributed by atoms with Gasteiger partial charge in [0.15, 0.2) is 5.82 Å². The van der Waals surface area contributed by atoms with Gasteiger partial charge < -0.3 is 4.90 Å². The van der Waals surface area contributed by atoms with E-state index in [1.165, 1.54) is 28.9 Å². The van der Waals surface area contributed by atoms with Crippen LogP contribution in [0.5, 0.6) is 0 Å². The van der Waals surface area contributed by atoms with Gasteiger partial charge >= 0.3 is 0 Å². The van der Waals surface area contributed by atoms with Crippen LogP contribution in [0.25, 0.3) is 0 Å². The summed E-state index contributed by atoms with van der Waals surface area (Å²) in [5.41, 5.74) is 4.97. The third-order valence-electron chi connectivity index (χ3n) is 6.03. The highest BCUT2D eigenvalue weighted by molar-refractivity contribution is 5.56. The molecule has 1 aliphatic rings. The fraction of sp³-hybridized carbons (Fsp3) is 0.435. The quantitative estimate of drug-likeness (QED) is 0.640. The third-order valence-corrected chi connectivity index (χ3v) is 6.03. The van der Waals surface area contributed by atoms with Crippen LogP contribution in [-0.2, 0) is 0 Å². The minimum Gasteiger partial charge on any atom is -0.369 e. The van der Waals surface area contributed by atoms with E-state index in [2.05, 4.69) is 71.2 Å². The molecule has 1 aliphatic heterocycles. The molecule has 7 heteroatoms. The van der Waals surface area contributed by atoms with Crippen molar-refractivity contribution >= 4 is 5.69 Å². The highest BCUT2D eigenvalue weighted by Gasteiger charge is 2.31. The fourth-order valence-electron chi connectivity index (χ4n) is 4.22. The Hall–Kier alpha value is -2.80. The first-order valence-corrected chi connectivity index (χ1v) is 10.5. The Morgan fingerprint density at radius 3 is 2.30 bits per heavy atom. The number of piperazine rings is 1. The van der Waals surface area contributed by atoms with Crippen LogP contribution in [0.15, 0.2) is 42.5 Å². The molecule has 0 radical (unpaired) electrons. The van der Waals surface area contributed by atoms with Crippen molar-refractivity contribution < 1.29 is 4.39 Å². The minimum atomic E-state index is -0.235. The summed E-state index contributed by atoms with van der Waals surface area (Å²) in [7, 11) is 0. The Labute approximate surface area is 177 Å². The zero-order valence-electron chi connectivity index (χ0n) is 18.1. The second-order valence-corrected chi connectivity index (χ2v) is 8.27. The van der Waals surface area contributed by atoms with Crippen molar-refractivity contribution in [2.75, 3.05) is 31.1 Å². The summed E-state index contributed by atoms with van der Waals surface area (Å²) >= 11 is 0. The fourth-order valence-corrected chi connectivity index (χ4v) is 4.22. The molecular weight excluding hydrogens is 379 g/mol. The molecule has 0 amide bonds. The van der Waals surface area contributed by atoms with Crippen molar-refractivity contribution in [3.05, 3.63) is 70.8 Å². The predicted octanol–water partition coefficient (Wildman–Crippen LogP) is 3.92. The summed E-state index contributed by atoms with van der Waals surface area (Å²) in [6.07, 6.45) is 0. The Balaban J connectivity index is 1.62. The van der Waals surface area contributed by atoms with Crippen LogP contribution >= 0.6 is 0 Å². The van der Waals surface area contributed by atoms with E-state index in [-0.39, 0.29) is 17.9 Å². The van der Waals surface area contributed by atoms with Gasteiger partial charge in [0.25, 0.3) is 0 Å². The molecule has 1 atom stereocenters. The molecule has 0 bridgehead atoms. The van der Waals surface area contributed by atoms with E-state index in [0.29, 0.717) is 0 Å². The number of nitrogens with zero attached hydrogens (tertiary/aromatic N) is 6. The highest BCUT2D eigenvalue weighted by Crippen LogP contribution is 2.31. The topological polar surface area (TPSA) is 50.1 Å². The summed E-state index contributed by atoms with van der Waals surface area (Å²) in [5, 5.41) is 12.5. The van der Waals surface area contributed by atoms with Gasteiger partial charge in [-0.3, -0.25) is 4.90 Å². The molecule has 1 saturated heterocycles. The average molecular weight is 409 g/mol. The van der Waals surface area contributed by atoms with Crippen molar-refractivity contribution in [1.29, 1.82) is 0 Å². The first kappa shape index (κ1) is 20.5. The normalized spacial score (nSPS) is 16.3. The van der Waals surface area contributed by atoms with Crippen molar-refractivity contribution in [2.24, 2.45) is 0 Å². The van der Waals surface area contributed by atoms with Crippen LogP contribution in [0, 0.1) is 19.7 Å². The lowest BCUT2D eigenvalue weighted by molar-refractivity contribution is 0.199. The van der Waals surface area contributed by atoms with Crippen LogP contribution in [-0.4, -0.2) is 51.3 Å². The molecule has 158 valence electrons. The van der Waals surface area contributed by atoms with E-state index in [4.69, 9.17) is 0 Å². The molecule has 0 saturated carbocycles. The molecule has 0 N–H and O–H groups in total. The molecule has 6 nitrogen and oxygen atoms in total. The summed E-state index contributed by atoms with van der Waals surface area (Å²) in [6.45, 7) is 12.1. The van der Waals surface area contributed by atoms with Gasteiger partial charge in [-0.25, -0.2) is 9.07 Å². The number of aromatic nitrogens is 4. The summed E-state index contributed by atoms with van der Waals surface area (Å²) in [4.78, 5) is 4.85. The maximum atomic E-state index is 13.6. The number of anilines is 1. The minimum absolute atomic E-state index is 0.108. The van der Waals surface area contributed by atoms with Gasteiger partial charge in [-0.2, -0.15) is 0 Å². The van der Waals surface area contributed by atoms with Crippen molar-refractivity contribution in [1.82, 2.24) is 25.1 Å². The smallest absolute Gasteiger partial charge is 0.173 e. The van der Waals surface area contributed by atoms with Crippen LogP contribution in [0.1, 0.15) is 48.4 Å². The highest BCUT2D eigenvalue weighted by atomic mass is 19.1. The number of hydrogen-bond donors (Lipinski definition) is 0. The van der Waals surface area contributed by atoms with E-state index >= 15 is 0 Å². The first-order valence-electron chi connectivity index (χ1n) is 10.5. The molecule has 2 heterocycles. The second kappa shape index (κ2) is 8.52. The summed E-state index contributed by atoms with van der Waals surface area (Å²) in [5.74, 6) is 0.567. The molecule has 1 aromatic heterocycles. The Kier molecular flexibility index (Phi) is 5.81. The largest absolute Gasteiger partial charge is 0.369 e. The molecule has 3 aromatic rings. The van der Waals surface area contributed by atoms with Gasteiger partial charge in [0, 0.05) is 31.9 Å². The maximum Gasteiger partial charge on any atom is 0.173 e. The van der Waals surface area contributed by atoms with Crippen LogP contribution < -0.4 is 4.90 Å². The molecule has 4 rings (SSSR count). The standard InChI is InChI=1S/C23H29FN6/c1-16(2)30-23(25-26-27-30)22(19-8-10-20(24)11-9-19)29-14-12-28(13-15-29)21-7-5-6-17(3)18(21)4/h5-11,16,22H,12-15H2,1-4H3. The monoisotopic (exact) mass is 408 g/mol. The summed E-state index contributed by atoms with van der Waals surface area (Å²) < 4.78 is 15.5. The number of aryl methyl sites for hydroxylation is 1. The Morgan fingerprint density at radius 2 is 1.63 bits per heavy atom. The van der Waals surface area contributed by atoms with E-state index in [1.54, 1.807) is 0 Å². The first-order chi connectivity index (χ1) is 14.5. The van der Waals surface area contributed by atoms with Crippen molar-refractivity contribution in [2.45, 2.75) is 39.8 Å². The lowest BCUT2D eigenvalue weighted by Crippen LogP contribution is -2.48. The van der Waals surface area contributed by atoms with Gasteiger partial charge in [0.05, 0.1) is 12.1 Å². The number of benzene rings is 2. The molecule has 1 fully saturated rings. The van der Waals surface area contributed by atoms with Gasteiger partial charge in [-0.15, -0.1) is 5.10 Å². The van der Waals surface area contributed by atoms with Crippen LogP contribution in [0.2, 0.25) is 0 Å². The molecule has 0 aliphatic carbocycles. The SMILES string of the molecule is Cc1cccc(N2CCN(C(c3ccc(F)cc3)c3nnnn3C(C)C)CC2)c1C. The molecule has 1 unspecified atom stereocenters. The molecule has 30 heavy (non-hydrogen) atoms. The second-order valence-electron chi connectivity index (χ2n) is 8.27. The van der Waals surface area contributed by atoms with E-state index in [1.807, 2.05) is 16.8 Å². The zero-order chi connectivity index (χ0) is 21.3. The maximum absolute atomic E-state index is 13.6. The predicted molar refractivity (Wildman–Crippen MR) is 116 cm³/mol. The van der Waals surface area contributed by atoms with Gasteiger partial charge in [-0.1, -0.05) is 24.3 Å². The number of rotatable bonds is 5. The third kappa shape index (κ3) is 3.94. The molecule has 2 aromatic carbocycles. The van der Waals surface area contributed by atoms with Crippen molar-refractivity contribution in [3.63, 3.8) is 0 Å². The van der Waals surface area contributed by atoms with Gasteiger partial charge in [-0.05, 0) is 73.0 Å². The molecular formula is C23H29FN6. The average Bonchev–Trinajstić information content (AvgIpc) is 3.22. The zero-order valence-corrected chi connectivity index (χ0v) is 18.1. The Morgan fingerprint density at radius 1 is 0.933 bits per heavy atom. The van der Waals surface area contributed by atoms with Gasteiger partial charge in [0.1, 0.15) is 5.82 Å².